The highest BCUT2D eigenvalue weighted by Crippen LogP contribution is 2.18. The van der Waals surface area contributed by atoms with E-state index in [0.29, 0.717) is 20.7 Å². The van der Waals surface area contributed by atoms with E-state index in [1.54, 1.807) is 48.5 Å². The highest BCUT2D eigenvalue weighted by Gasteiger charge is 2.20. The molecule has 2 rings (SSSR count). The molecule has 0 aromatic heterocycles. The molecule has 6 heteroatoms. The van der Waals surface area contributed by atoms with E-state index in [1.807, 2.05) is 0 Å². The maximum atomic E-state index is 12.0. The molecule has 0 aliphatic rings. The average Bonchev–Trinajstić information content (AvgIpc) is 2.49. The van der Waals surface area contributed by atoms with Crippen LogP contribution in [-0.2, 0) is 9.53 Å². The number of esters is 1. The second-order valence-corrected chi connectivity index (χ2v) is 5.81. The summed E-state index contributed by atoms with van der Waals surface area (Å²) in [6.45, 7) is 1.51. The maximum absolute atomic E-state index is 12.0. The molecule has 1 amide bonds. The molecule has 0 unspecified atom stereocenters. The lowest BCUT2D eigenvalue weighted by Crippen LogP contribution is -2.30. The lowest BCUT2D eigenvalue weighted by atomic mass is 10.2. The maximum Gasteiger partial charge on any atom is 0.340 e. The number of nitrogens with one attached hydrogen (secondary N) is 1. The molecule has 0 aliphatic heterocycles. The first kappa shape index (κ1) is 16.5. The molecule has 0 saturated heterocycles. The number of halogens is 2. The summed E-state index contributed by atoms with van der Waals surface area (Å²) < 4.78 is 5.78. The molecule has 2 aromatic carbocycles. The molecule has 1 atom stereocenters. The van der Waals surface area contributed by atoms with Gasteiger partial charge in [-0.1, -0.05) is 23.7 Å². The third-order valence-corrected chi connectivity index (χ3v) is 3.80. The van der Waals surface area contributed by atoms with Crippen LogP contribution in [0.5, 0.6) is 0 Å². The van der Waals surface area contributed by atoms with E-state index >= 15 is 0 Å². The van der Waals surface area contributed by atoms with Gasteiger partial charge in [0.2, 0.25) is 0 Å². The van der Waals surface area contributed by atoms with Gasteiger partial charge in [0, 0.05) is 15.2 Å². The first-order valence-corrected chi connectivity index (χ1v) is 7.66. The SMILES string of the molecule is C[C@H](OC(=O)c1ccccc1Br)C(=O)Nc1ccc(Cl)cc1. The summed E-state index contributed by atoms with van der Waals surface area (Å²) >= 11 is 9.05. The quantitative estimate of drug-likeness (QED) is 0.803. The number of amides is 1. The summed E-state index contributed by atoms with van der Waals surface area (Å²) in [6.07, 6.45) is -0.921. The zero-order valence-electron chi connectivity index (χ0n) is 11.7. The van der Waals surface area contributed by atoms with E-state index in [2.05, 4.69) is 21.2 Å². The van der Waals surface area contributed by atoms with Crippen molar-refractivity contribution in [3.8, 4) is 0 Å². The molecule has 0 aliphatic carbocycles. The summed E-state index contributed by atoms with van der Waals surface area (Å²) in [5, 5.41) is 3.23. The second kappa shape index (κ2) is 7.42. The van der Waals surface area contributed by atoms with Crippen molar-refractivity contribution in [3.63, 3.8) is 0 Å². The van der Waals surface area contributed by atoms with Crippen molar-refractivity contribution in [1.29, 1.82) is 0 Å². The van der Waals surface area contributed by atoms with Crippen LogP contribution in [0, 0.1) is 0 Å². The predicted molar refractivity (Wildman–Crippen MR) is 89.1 cm³/mol. The zero-order valence-corrected chi connectivity index (χ0v) is 14.0. The van der Waals surface area contributed by atoms with Gasteiger partial charge in [0.05, 0.1) is 5.56 Å². The highest BCUT2D eigenvalue weighted by atomic mass is 79.9. The molecule has 0 radical (unpaired) electrons. The van der Waals surface area contributed by atoms with Crippen LogP contribution in [-0.4, -0.2) is 18.0 Å². The van der Waals surface area contributed by atoms with Crippen molar-refractivity contribution in [2.45, 2.75) is 13.0 Å². The molecule has 0 heterocycles. The van der Waals surface area contributed by atoms with Crippen LogP contribution in [0.1, 0.15) is 17.3 Å². The van der Waals surface area contributed by atoms with E-state index < -0.39 is 18.0 Å². The summed E-state index contributed by atoms with van der Waals surface area (Å²) in [5.74, 6) is -0.978. The van der Waals surface area contributed by atoms with Crippen LogP contribution >= 0.6 is 27.5 Å². The van der Waals surface area contributed by atoms with Crippen LogP contribution in [0.3, 0.4) is 0 Å². The summed E-state index contributed by atoms with van der Waals surface area (Å²) in [4.78, 5) is 24.0. The zero-order chi connectivity index (χ0) is 16.1. The lowest BCUT2D eigenvalue weighted by molar-refractivity contribution is -0.123. The Bertz CT molecular complexity index is 688. The summed E-state index contributed by atoms with van der Waals surface area (Å²) in [7, 11) is 0. The van der Waals surface area contributed by atoms with Gasteiger partial charge in [-0.25, -0.2) is 4.79 Å². The molecule has 0 bridgehead atoms. The third-order valence-electron chi connectivity index (χ3n) is 2.86. The molecular formula is C16H13BrClNO3. The first-order chi connectivity index (χ1) is 10.5. The molecule has 114 valence electrons. The second-order valence-electron chi connectivity index (χ2n) is 4.52. The smallest absolute Gasteiger partial charge is 0.340 e. The molecule has 0 saturated carbocycles. The minimum atomic E-state index is -0.921. The molecule has 0 fully saturated rings. The topological polar surface area (TPSA) is 55.4 Å². The van der Waals surface area contributed by atoms with Gasteiger partial charge in [0.1, 0.15) is 0 Å². The number of hydrogen-bond donors (Lipinski definition) is 1. The number of carbonyl (C=O) groups is 2. The number of benzene rings is 2. The van der Waals surface area contributed by atoms with Gasteiger partial charge >= 0.3 is 5.97 Å². The third kappa shape index (κ3) is 4.32. The standard InChI is InChI=1S/C16H13BrClNO3/c1-10(15(20)19-12-8-6-11(18)7-9-12)22-16(21)13-4-2-3-5-14(13)17/h2-10H,1H3,(H,19,20)/t10-/m0/s1. The number of hydrogen-bond acceptors (Lipinski definition) is 3. The first-order valence-electron chi connectivity index (χ1n) is 6.49. The Balaban J connectivity index is 1.98. The van der Waals surface area contributed by atoms with Gasteiger partial charge in [-0.3, -0.25) is 4.79 Å². The Morgan fingerprint density at radius 2 is 1.77 bits per heavy atom. The van der Waals surface area contributed by atoms with Crippen LogP contribution in [0.25, 0.3) is 0 Å². The van der Waals surface area contributed by atoms with E-state index in [1.165, 1.54) is 6.92 Å². The predicted octanol–water partition coefficient (Wildman–Crippen LogP) is 4.29. The van der Waals surface area contributed by atoms with E-state index in [9.17, 15) is 9.59 Å². The van der Waals surface area contributed by atoms with Gasteiger partial charge in [-0.15, -0.1) is 0 Å². The van der Waals surface area contributed by atoms with Crippen molar-refractivity contribution in [2.75, 3.05) is 5.32 Å². The number of ether oxygens (including phenoxy) is 1. The van der Waals surface area contributed by atoms with Crippen molar-refractivity contribution in [1.82, 2.24) is 0 Å². The Labute approximate surface area is 141 Å². The largest absolute Gasteiger partial charge is 0.449 e. The minimum Gasteiger partial charge on any atom is -0.449 e. The molecule has 22 heavy (non-hydrogen) atoms. The molecule has 1 N–H and O–H groups in total. The van der Waals surface area contributed by atoms with Crippen molar-refractivity contribution in [2.24, 2.45) is 0 Å². The van der Waals surface area contributed by atoms with E-state index in [-0.39, 0.29) is 0 Å². The molecule has 0 spiro atoms. The normalized spacial score (nSPS) is 11.6. The minimum absolute atomic E-state index is 0.369. The van der Waals surface area contributed by atoms with Gasteiger partial charge in [-0.2, -0.15) is 0 Å². The van der Waals surface area contributed by atoms with Crippen molar-refractivity contribution >= 4 is 45.1 Å². The van der Waals surface area contributed by atoms with Crippen LogP contribution in [0.15, 0.2) is 53.0 Å². The van der Waals surface area contributed by atoms with Gasteiger partial charge < -0.3 is 10.1 Å². The monoisotopic (exact) mass is 381 g/mol. The van der Waals surface area contributed by atoms with Gasteiger partial charge in [-0.05, 0) is 59.3 Å². The Morgan fingerprint density at radius 3 is 2.41 bits per heavy atom. The lowest BCUT2D eigenvalue weighted by Gasteiger charge is -2.14. The highest BCUT2D eigenvalue weighted by molar-refractivity contribution is 9.10. The van der Waals surface area contributed by atoms with Crippen LogP contribution in [0.4, 0.5) is 5.69 Å². The fourth-order valence-electron chi connectivity index (χ4n) is 1.68. The van der Waals surface area contributed by atoms with Crippen LogP contribution < -0.4 is 5.32 Å². The number of carbonyl (C=O) groups excluding carboxylic acids is 2. The van der Waals surface area contributed by atoms with E-state index in [4.69, 9.17) is 16.3 Å². The van der Waals surface area contributed by atoms with Gasteiger partial charge in [0.25, 0.3) is 5.91 Å². The molecule has 2 aromatic rings. The van der Waals surface area contributed by atoms with Crippen molar-refractivity contribution < 1.29 is 14.3 Å². The van der Waals surface area contributed by atoms with Crippen LogP contribution in [0.2, 0.25) is 5.02 Å². The average molecular weight is 383 g/mol. The summed E-state index contributed by atoms with van der Waals surface area (Å²) in [6, 6.07) is 13.5. The number of anilines is 1. The summed E-state index contributed by atoms with van der Waals surface area (Å²) in [5.41, 5.74) is 0.951. The Hall–Kier alpha value is -1.85. The van der Waals surface area contributed by atoms with Crippen molar-refractivity contribution in [3.05, 3.63) is 63.6 Å². The molecular weight excluding hydrogens is 370 g/mol. The fraction of sp³-hybridized carbons (Fsp3) is 0.125. The van der Waals surface area contributed by atoms with Gasteiger partial charge in [0.15, 0.2) is 6.10 Å². The fourth-order valence-corrected chi connectivity index (χ4v) is 2.25. The van der Waals surface area contributed by atoms with E-state index in [0.717, 1.165) is 0 Å². The molecule has 4 nitrogen and oxygen atoms in total. The number of rotatable bonds is 4. The Kier molecular flexibility index (Phi) is 5.57. The Morgan fingerprint density at radius 1 is 1.14 bits per heavy atom.